The predicted octanol–water partition coefficient (Wildman–Crippen LogP) is 3.76. The van der Waals surface area contributed by atoms with Crippen LogP contribution in [0.1, 0.15) is 18.7 Å². The molecule has 2 aromatic rings. The van der Waals surface area contributed by atoms with Crippen LogP contribution in [0.4, 0.5) is 4.39 Å². The summed E-state index contributed by atoms with van der Waals surface area (Å²) in [5.41, 5.74) is 6.41. The van der Waals surface area contributed by atoms with Gasteiger partial charge in [-0.15, -0.1) is 0 Å². The lowest BCUT2D eigenvalue weighted by Crippen LogP contribution is -2.02. The van der Waals surface area contributed by atoms with Crippen molar-refractivity contribution in [1.82, 2.24) is 0 Å². The van der Waals surface area contributed by atoms with Gasteiger partial charge in [-0.3, -0.25) is 0 Å². The molecule has 84 valence electrons. The largest absolute Gasteiger partial charge is 0.459 e. The van der Waals surface area contributed by atoms with E-state index in [9.17, 15) is 4.39 Å². The van der Waals surface area contributed by atoms with Crippen molar-refractivity contribution in [2.24, 2.45) is 5.73 Å². The molecule has 16 heavy (non-hydrogen) atoms. The molecule has 2 rings (SSSR count). The predicted molar refractivity (Wildman–Crippen MR) is 61.7 cm³/mol. The van der Waals surface area contributed by atoms with Gasteiger partial charge in [-0.05, 0) is 37.3 Å². The van der Waals surface area contributed by atoms with E-state index in [4.69, 9.17) is 21.8 Å². The van der Waals surface area contributed by atoms with Crippen LogP contribution in [0.15, 0.2) is 34.7 Å². The molecule has 1 aromatic heterocycles. The second-order valence-electron chi connectivity index (χ2n) is 3.62. The summed E-state index contributed by atoms with van der Waals surface area (Å²) in [6.07, 6.45) is 0. The molecule has 0 bridgehead atoms. The van der Waals surface area contributed by atoms with Gasteiger partial charge < -0.3 is 10.2 Å². The number of nitrogens with two attached hydrogens (primary N) is 1. The van der Waals surface area contributed by atoms with E-state index < -0.39 is 5.82 Å². The summed E-state index contributed by atoms with van der Waals surface area (Å²) in [6.45, 7) is 1.83. The molecule has 0 aliphatic rings. The van der Waals surface area contributed by atoms with E-state index in [0.717, 1.165) is 5.56 Å². The molecule has 1 aromatic carbocycles. The first-order valence-corrected chi connectivity index (χ1v) is 5.26. The smallest absolute Gasteiger partial charge is 0.141 e. The van der Waals surface area contributed by atoms with Gasteiger partial charge in [0.2, 0.25) is 0 Å². The highest BCUT2D eigenvalue weighted by molar-refractivity contribution is 6.31. The van der Waals surface area contributed by atoms with Crippen LogP contribution in [0.3, 0.4) is 0 Å². The van der Waals surface area contributed by atoms with Crippen LogP contribution < -0.4 is 5.73 Å². The molecule has 0 radical (unpaired) electrons. The minimum Gasteiger partial charge on any atom is -0.459 e. The van der Waals surface area contributed by atoms with Gasteiger partial charge in [0, 0.05) is 5.56 Å². The lowest BCUT2D eigenvalue weighted by atomic mass is 10.2. The van der Waals surface area contributed by atoms with Crippen LogP contribution in [0.5, 0.6) is 0 Å². The second kappa shape index (κ2) is 4.28. The highest BCUT2D eigenvalue weighted by Crippen LogP contribution is 2.27. The van der Waals surface area contributed by atoms with Crippen molar-refractivity contribution in [3.8, 4) is 11.3 Å². The van der Waals surface area contributed by atoms with Gasteiger partial charge in [-0.1, -0.05) is 11.6 Å². The first-order valence-electron chi connectivity index (χ1n) is 4.88. The molecule has 0 amide bonds. The SMILES string of the molecule is CC(N)c1ccc(-c2ccc(F)c(Cl)c2)o1. The van der Waals surface area contributed by atoms with Gasteiger partial charge >= 0.3 is 0 Å². The first kappa shape index (κ1) is 11.2. The Labute approximate surface area is 97.8 Å². The van der Waals surface area contributed by atoms with E-state index in [1.807, 2.05) is 6.92 Å². The fourth-order valence-corrected chi connectivity index (χ4v) is 1.58. The first-order chi connectivity index (χ1) is 7.58. The van der Waals surface area contributed by atoms with Crippen LogP contribution >= 0.6 is 11.6 Å². The van der Waals surface area contributed by atoms with E-state index >= 15 is 0 Å². The molecule has 0 saturated carbocycles. The maximum Gasteiger partial charge on any atom is 0.141 e. The summed E-state index contributed by atoms with van der Waals surface area (Å²) in [6, 6.07) is 7.89. The van der Waals surface area contributed by atoms with Crippen LogP contribution in [-0.2, 0) is 0 Å². The van der Waals surface area contributed by atoms with Crippen LogP contribution in [-0.4, -0.2) is 0 Å². The molecule has 1 unspecified atom stereocenters. The Morgan fingerprint density at radius 2 is 2.06 bits per heavy atom. The zero-order chi connectivity index (χ0) is 11.7. The van der Waals surface area contributed by atoms with Gasteiger partial charge in [-0.2, -0.15) is 0 Å². The molecular formula is C12H11ClFNO. The summed E-state index contributed by atoms with van der Waals surface area (Å²) in [7, 11) is 0. The normalized spacial score (nSPS) is 12.8. The number of benzene rings is 1. The number of hydrogen-bond acceptors (Lipinski definition) is 2. The molecule has 0 fully saturated rings. The Morgan fingerprint density at radius 1 is 1.31 bits per heavy atom. The molecule has 1 atom stereocenters. The van der Waals surface area contributed by atoms with Gasteiger partial charge in [0.15, 0.2) is 0 Å². The Kier molecular flexibility index (Phi) is 2.99. The third-order valence-electron chi connectivity index (χ3n) is 2.28. The van der Waals surface area contributed by atoms with Gasteiger partial charge in [0.05, 0.1) is 11.1 Å². The Hall–Kier alpha value is -1.32. The van der Waals surface area contributed by atoms with Crippen molar-refractivity contribution >= 4 is 11.6 Å². The maximum atomic E-state index is 13.0. The standard InChI is InChI=1S/C12H11ClFNO/c1-7(15)11-4-5-12(16-11)8-2-3-10(14)9(13)6-8/h2-7H,15H2,1H3. The van der Waals surface area contributed by atoms with E-state index in [-0.39, 0.29) is 11.1 Å². The number of furan rings is 1. The Balaban J connectivity index is 2.39. The molecular weight excluding hydrogens is 229 g/mol. The quantitative estimate of drug-likeness (QED) is 0.867. The number of hydrogen-bond donors (Lipinski definition) is 1. The zero-order valence-corrected chi connectivity index (χ0v) is 9.46. The zero-order valence-electron chi connectivity index (χ0n) is 8.71. The average Bonchev–Trinajstić information content (AvgIpc) is 2.71. The van der Waals surface area contributed by atoms with Crippen molar-refractivity contribution in [2.75, 3.05) is 0 Å². The van der Waals surface area contributed by atoms with Crippen molar-refractivity contribution in [3.63, 3.8) is 0 Å². The molecule has 0 aliphatic heterocycles. The highest BCUT2D eigenvalue weighted by atomic mass is 35.5. The molecule has 2 N–H and O–H groups in total. The lowest BCUT2D eigenvalue weighted by molar-refractivity contribution is 0.491. The number of rotatable bonds is 2. The van der Waals surface area contributed by atoms with E-state index in [2.05, 4.69) is 0 Å². The van der Waals surface area contributed by atoms with E-state index in [1.54, 1.807) is 18.2 Å². The van der Waals surface area contributed by atoms with E-state index in [0.29, 0.717) is 11.5 Å². The lowest BCUT2D eigenvalue weighted by Gasteiger charge is -2.01. The van der Waals surface area contributed by atoms with E-state index in [1.165, 1.54) is 12.1 Å². The van der Waals surface area contributed by atoms with Crippen molar-refractivity contribution in [3.05, 3.63) is 46.9 Å². The van der Waals surface area contributed by atoms with Crippen LogP contribution in [0, 0.1) is 5.82 Å². The Morgan fingerprint density at radius 3 is 2.62 bits per heavy atom. The average molecular weight is 240 g/mol. The highest BCUT2D eigenvalue weighted by Gasteiger charge is 2.09. The topological polar surface area (TPSA) is 39.2 Å². The van der Waals surface area contributed by atoms with Gasteiger partial charge in [0.25, 0.3) is 0 Å². The van der Waals surface area contributed by atoms with Crippen LogP contribution in [0.2, 0.25) is 5.02 Å². The molecule has 0 spiro atoms. The maximum absolute atomic E-state index is 13.0. The summed E-state index contributed by atoms with van der Waals surface area (Å²) in [5.74, 6) is 0.883. The van der Waals surface area contributed by atoms with Crippen LogP contribution in [0.25, 0.3) is 11.3 Å². The summed E-state index contributed by atoms with van der Waals surface area (Å²) in [4.78, 5) is 0. The fraction of sp³-hybridized carbons (Fsp3) is 0.167. The molecule has 0 aliphatic carbocycles. The summed E-state index contributed by atoms with van der Waals surface area (Å²) >= 11 is 5.69. The molecule has 2 nitrogen and oxygen atoms in total. The molecule has 0 saturated heterocycles. The fourth-order valence-electron chi connectivity index (χ4n) is 1.40. The summed E-state index contributed by atoms with van der Waals surface area (Å²) in [5, 5.41) is 0.0799. The summed E-state index contributed by atoms with van der Waals surface area (Å²) < 4.78 is 18.5. The van der Waals surface area contributed by atoms with Crippen molar-refractivity contribution in [1.29, 1.82) is 0 Å². The van der Waals surface area contributed by atoms with Gasteiger partial charge in [0.1, 0.15) is 17.3 Å². The minimum atomic E-state index is -0.440. The van der Waals surface area contributed by atoms with Gasteiger partial charge in [-0.25, -0.2) is 4.39 Å². The number of halogens is 2. The second-order valence-corrected chi connectivity index (χ2v) is 4.03. The van der Waals surface area contributed by atoms with Crippen molar-refractivity contribution < 1.29 is 8.81 Å². The monoisotopic (exact) mass is 239 g/mol. The molecule has 1 heterocycles. The van der Waals surface area contributed by atoms with Crippen molar-refractivity contribution in [2.45, 2.75) is 13.0 Å². The Bertz CT molecular complexity index is 507. The minimum absolute atomic E-state index is 0.0799. The third kappa shape index (κ3) is 2.10. The molecule has 4 heteroatoms. The third-order valence-corrected chi connectivity index (χ3v) is 2.57.